The maximum absolute atomic E-state index is 11.6. The number of primary amides is 1. The summed E-state index contributed by atoms with van der Waals surface area (Å²) in [6, 6.07) is -0.839. The van der Waals surface area contributed by atoms with E-state index in [-0.39, 0.29) is 17.7 Å². The molecule has 1 unspecified atom stereocenters. The average Bonchev–Trinajstić information content (AvgIpc) is 2.25. The molecule has 0 radical (unpaired) electrons. The van der Waals surface area contributed by atoms with Crippen molar-refractivity contribution in [3.8, 4) is 0 Å². The Morgan fingerprint density at radius 2 is 1.89 bits per heavy atom. The Balaban J connectivity index is 3.98. The predicted octanol–water partition coefficient (Wildman–Crippen LogP) is 0.912. The van der Waals surface area contributed by atoms with E-state index in [4.69, 9.17) is 11.5 Å². The van der Waals surface area contributed by atoms with Crippen LogP contribution in [0.5, 0.6) is 0 Å². The molecule has 1 atom stereocenters. The van der Waals surface area contributed by atoms with E-state index in [0.717, 1.165) is 12.8 Å². The Kier molecular flexibility index (Phi) is 7.59. The largest absolute Gasteiger partial charge is 0.370 e. The second-order valence-corrected chi connectivity index (χ2v) is 5.62. The van der Waals surface area contributed by atoms with Gasteiger partial charge in [-0.2, -0.15) is 0 Å². The maximum atomic E-state index is 11.6. The first-order chi connectivity index (χ1) is 8.28. The molecule has 0 aliphatic heterocycles. The SMILES string of the molecule is CCCCCC(C)(C)CNC(=O)C(N)CC(N)=O. The molecule has 0 aromatic rings. The fourth-order valence-electron chi connectivity index (χ4n) is 1.71. The number of nitrogens with one attached hydrogen (secondary N) is 1. The van der Waals surface area contributed by atoms with E-state index >= 15 is 0 Å². The minimum Gasteiger partial charge on any atom is -0.370 e. The molecule has 106 valence electrons. The van der Waals surface area contributed by atoms with Crippen molar-refractivity contribution in [2.24, 2.45) is 16.9 Å². The lowest BCUT2D eigenvalue weighted by Crippen LogP contribution is -2.45. The molecule has 0 aromatic heterocycles. The van der Waals surface area contributed by atoms with Crippen LogP contribution >= 0.6 is 0 Å². The topological polar surface area (TPSA) is 98.2 Å². The van der Waals surface area contributed by atoms with E-state index < -0.39 is 11.9 Å². The average molecular weight is 257 g/mol. The molecule has 0 aliphatic rings. The lowest BCUT2D eigenvalue weighted by Gasteiger charge is -2.25. The van der Waals surface area contributed by atoms with Gasteiger partial charge in [0.05, 0.1) is 12.5 Å². The van der Waals surface area contributed by atoms with Gasteiger partial charge in [-0.25, -0.2) is 0 Å². The summed E-state index contributed by atoms with van der Waals surface area (Å²) in [6.07, 6.45) is 4.51. The number of carbonyl (C=O) groups is 2. The molecule has 18 heavy (non-hydrogen) atoms. The molecule has 0 rings (SSSR count). The number of hydrogen-bond acceptors (Lipinski definition) is 3. The number of hydrogen-bond donors (Lipinski definition) is 3. The van der Waals surface area contributed by atoms with Gasteiger partial charge in [-0.05, 0) is 11.8 Å². The number of carbonyl (C=O) groups excluding carboxylic acids is 2. The molecule has 5 N–H and O–H groups in total. The highest BCUT2D eigenvalue weighted by Gasteiger charge is 2.21. The van der Waals surface area contributed by atoms with Crippen molar-refractivity contribution >= 4 is 11.8 Å². The molecule has 5 nitrogen and oxygen atoms in total. The fraction of sp³-hybridized carbons (Fsp3) is 0.846. The molecule has 0 aliphatic carbocycles. The normalized spacial score (nSPS) is 13.1. The van der Waals surface area contributed by atoms with Gasteiger partial charge in [-0.3, -0.25) is 9.59 Å². The van der Waals surface area contributed by atoms with Gasteiger partial charge in [0.2, 0.25) is 11.8 Å². The molecule has 0 bridgehead atoms. The molecule has 0 saturated carbocycles. The van der Waals surface area contributed by atoms with Crippen LogP contribution < -0.4 is 16.8 Å². The van der Waals surface area contributed by atoms with Gasteiger partial charge in [0.25, 0.3) is 0 Å². The highest BCUT2D eigenvalue weighted by molar-refractivity contribution is 5.87. The monoisotopic (exact) mass is 257 g/mol. The van der Waals surface area contributed by atoms with Crippen LogP contribution in [0, 0.1) is 5.41 Å². The minimum absolute atomic E-state index is 0.0529. The Morgan fingerprint density at radius 1 is 1.28 bits per heavy atom. The van der Waals surface area contributed by atoms with Crippen molar-refractivity contribution in [2.75, 3.05) is 6.54 Å². The minimum atomic E-state index is -0.839. The Labute approximate surface area is 110 Å². The summed E-state index contributed by atoms with van der Waals surface area (Å²) in [4.78, 5) is 22.3. The third kappa shape index (κ3) is 8.06. The van der Waals surface area contributed by atoms with Crippen LogP contribution in [0.15, 0.2) is 0 Å². The van der Waals surface area contributed by atoms with Gasteiger partial charge in [0, 0.05) is 6.54 Å². The van der Waals surface area contributed by atoms with Crippen LogP contribution in [0.25, 0.3) is 0 Å². The highest BCUT2D eigenvalue weighted by atomic mass is 16.2. The lowest BCUT2D eigenvalue weighted by molar-refractivity contribution is -0.126. The first kappa shape index (κ1) is 16.9. The number of nitrogens with two attached hydrogens (primary N) is 2. The first-order valence-electron chi connectivity index (χ1n) is 6.60. The summed E-state index contributed by atoms with van der Waals surface area (Å²) in [6.45, 7) is 6.96. The van der Waals surface area contributed by atoms with Crippen LogP contribution in [-0.2, 0) is 9.59 Å². The van der Waals surface area contributed by atoms with Crippen molar-refractivity contribution in [3.05, 3.63) is 0 Å². The zero-order valence-electron chi connectivity index (χ0n) is 11.8. The van der Waals surface area contributed by atoms with Gasteiger partial charge in [0.15, 0.2) is 0 Å². The molecule has 0 spiro atoms. The number of unbranched alkanes of at least 4 members (excludes halogenated alkanes) is 2. The van der Waals surface area contributed by atoms with E-state index in [1.54, 1.807) is 0 Å². The van der Waals surface area contributed by atoms with Gasteiger partial charge in [-0.1, -0.05) is 40.0 Å². The summed E-state index contributed by atoms with van der Waals surface area (Å²) < 4.78 is 0. The van der Waals surface area contributed by atoms with Gasteiger partial charge in [0.1, 0.15) is 0 Å². The van der Waals surface area contributed by atoms with Crippen molar-refractivity contribution in [1.82, 2.24) is 5.32 Å². The van der Waals surface area contributed by atoms with Gasteiger partial charge < -0.3 is 16.8 Å². The van der Waals surface area contributed by atoms with Crippen LogP contribution in [-0.4, -0.2) is 24.4 Å². The van der Waals surface area contributed by atoms with Crippen molar-refractivity contribution in [1.29, 1.82) is 0 Å². The Hall–Kier alpha value is -1.10. The third-order valence-corrected chi connectivity index (χ3v) is 2.96. The van der Waals surface area contributed by atoms with Crippen LogP contribution in [0.1, 0.15) is 52.9 Å². The van der Waals surface area contributed by atoms with Gasteiger partial charge >= 0.3 is 0 Å². The third-order valence-electron chi connectivity index (χ3n) is 2.96. The molecular weight excluding hydrogens is 230 g/mol. The molecular formula is C13H27N3O2. The zero-order valence-corrected chi connectivity index (χ0v) is 11.8. The highest BCUT2D eigenvalue weighted by Crippen LogP contribution is 2.22. The fourth-order valence-corrected chi connectivity index (χ4v) is 1.71. The Morgan fingerprint density at radius 3 is 2.39 bits per heavy atom. The zero-order chi connectivity index (χ0) is 14.2. The molecule has 0 saturated heterocycles. The van der Waals surface area contributed by atoms with Crippen molar-refractivity contribution in [3.63, 3.8) is 0 Å². The first-order valence-corrected chi connectivity index (χ1v) is 6.60. The second kappa shape index (κ2) is 8.08. The predicted molar refractivity (Wildman–Crippen MR) is 72.7 cm³/mol. The second-order valence-electron chi connectivity index (χ2n) is 5.62. The Bertz CT molecular complexity index is 277. The molecule has 2 amide bonds. The van der Waals surface area contributed by atoms with E-state index in [1.807, 2.05) is 0 Å². The summed E-state index contributed by atoms with van der Waals surface area (Å²) in [5, 5.41) is 2.78. The van der Waals surface area contributed by atoms with Gasteiger partial charge in [-0.15, -0.1) is 0 Å². The van der Waals surface area contributed by atoms with Crippen molar-refractivity contribution < 1.29 is 9.59 Å². The molecule has 0 aromatic carbocycles. The molecule has 0 heterocycles. The molecule has 5 heteroatoms. The van der Waals surface area contributed by atoms with E-state index in [1.165, 1.54) is 12.8 Å². The van der Waals surface area contributed by atoms with Crippen LogP contribution in [0.2, 0.25) is 0 Å². The molecule has 0 fully saturated rings. The van der Waals surface area contributed by atoms with Crippen molar-refractivity contribution in [2.45, 2.75) is 58.9 Å². The lowest BCUT2D eigenvalue weighted by atomic mass is 9.87. The van der Waals surface area contributed by atoms with E-state index in [9.17, 15) is 9.59 Å². The maximum Gasteiger partial charge on any atom is 0.237 e. The van der Waals surface area contributed by atoms with Crippen LogP contribution in [0.3, 0.4) is 0 Å². The quantitative estimate of drug-likeness (QED) is 0.535. The van der Waals surface area contributed by atoms with E-state index in [2.05, 4.69) is 26.1 Å². The number of amides is 2. The summed E-state index contributed by atoms with van der Waals surface area (Å²) in [5.41, 5.74) is 10.6. The van der Waals surface area contributed by atoms with E-state index in [0.29, 0.717) is 6.54 Å². The number of rotatable bonds is 9. The summed E-state index contributed by atoms with van der Waals surface area (Å²) in [7, 11) is 0. The van der Waals surface area contributed by atoms with Crippen LogP contribution in [0.4, 0.5) is 0 Å². The standard InChI is InChI=1S/C13H27N3O2/c1-4-5-6-7-13(2,3)9-16-12(18)10(14)8-11(15)17/h10H,4-9,14H2,1-3H3,(H2,15,17)(H,16,18). The summed E-state index contributed by atoms with van der Waals surface area (Å²) in [5.74, 6) is -0.864. The smallest absolute Gasteiger partial charge is 0.237 e. The summed E-state index contributed by atoms with van der Waals surface area (Å²) >= 11 is 0.